The predicted molar refractivity (Wildman–Crippen MR) is 98.6 cm³/mol. The highest BCUT2D eigenvalue weighted by Crippen LogP contribution is 2.44. The minimum Gasteiger partial charge on any atom is -0.442 e. The van der Waals surface area contributed by atoms with Crippen molar-refractivity contribution in [2.75, 3.05) is 5.73 Å². The molecule has 134 valence electrons. The first-order chi connectivity index (χ1) is 11.7. The number of carbonyl (C=O) groups is 1. The number of carbonyl (C=O) groups excluding carboxylic acids is 1. The van der Waals surface area contributed by atoms with Crippen LogP contribution in [-0.2, 0) is 4.74 Å². The van der Waals surface area contributed by atoms with Crippen molar-refractivity contribution in [3.8, 4) is 0 Å². The summed E-state index contributed by atoms with van der Waals surface area (Å²) in [5, 5.41) is 4.60. The molecule has 25 heavy (non-hydrogen) atoms. The van der Waals surface area contributed by atoms with Crippen LogP contribution in [0.2, 0.25) is 0 Å². The second-order valence-corrected chi connectivity index (χ2v) is 7.96. The van der Waals surface area contributed by atoms with E-state index in [-0.39, 0.29) is 5.92 Å². The number of anilines is 1. The molecule has 3 rings (SSSR count). The lowest BCUT2D eigenvalue weighted by atomic mass is 9.71. The zero-order chi connectivity index (χ0) is 18.2. The largest absolute Gasteiger partial charge is 0.442 e. The Morgan fingerprint density at radius 2 is 2.08 bits per heavy atom. The van der Waals surface area contributed by atoms with Crippen molar-refractivity contribution in [3.05, 3.63) is 47.3 Å². The third kappa shape index (κ3) is 3.86. The summed E-state index contributed by atoms with van der Waals surface area (Å²) >= 11 is 0. The number of nitrogens with two attached hydrogens (primary N) is 1. The van der Waals surface area contributed by atoms with Crippen LogP contribution in [0.25, 0.3) is 0 Å². The number of nitrogens with zero attached hydrogens (tertiary/aromatic N) is 2. The molecule has 1 unspecified atom stereocenters. The van der Waals surface area contributed by atoms with Gasteiger partial charge >= 0.3 is 6.09 Å². The predicted octanol–water partition coefficient (Wildman–Crippen LogP) is 4.49. The van der Waals surface area contributed by atoms with E-state index in [1.807, 2.05) is 45.9 Å². The normalized spacial score (nSPS) is 16.3. The van der Waals surface area contributed by atoms with Gasteiger partial charge in [-0.3, -0.25) is 0 Å². The number of hydrogen-bond donors (Lipinski definition) is 1. The number of benzene rings is 1. The van der Waals surface area contributed by atoms with Crippen molar-refractivity contribution in [3.63, 3.8) is 0 Å². The molecule has 5 heteroatoms. The summed E-state index contributed by atoms with van der Waals surface area (Å²) in [5.74, 6) is 0.712. The van der Waals surface area contributed by atoms with Gasteiger partial charge in [0.05, 0.1) is 5.69 Å². The Kier molecular flexibility index (Phi) is 4.58. The van der Waals surface area contributed by atoms with E-state index in [9.17, 15) is 4.79 Å². The molecule has 2 aromatic rings. The average molecular weight is 341 g/mol. The van der Waals surface area contributed by atoms with Gasteiger partial charge in [0.1, 0.15) is 5.60 Å². The van der Waals surface area contributed by atoms with Crippen LogP contribution in [0.4, 0.5) is 10.5 Å². The summed E-state index contributed by atoms with van der Waals surface area (Å²) in [6.45, 7) is 7.56. The third-order valence-electron chi connectivity index (χ3n) is 4.70. The summed E-state index contributed by atoms with van der Waals surface area (Å²) in [6, 6.07) is 8.00. The Bertz CT molecular complexity index is 769. The Balaban J connectivity index is 1.95. The Morgan fingerprint density at radius 1 is 1.36 bits per heavy atom. The summed E-state index contributed by atoms with van der Waals surface area (Å²) < 4.78 is 6.77. The molecule has 1 aliphatic rings. The summed E-state index contributed by atoms with van der Waals surface area (Å²) in [6.07, 6.45) is 4.93. The molecule has 0 amide bonds. The Morgan fingerprint density at radius 3 is 2.64 bits per heavy atom. The second-order valence-electron chi connectivity index (χ2n) is 7.96. The van der Waals surface area contributed by atoms with E-state index in [0.717, 1.165) is 16.9 Å². The lowest BCUT2D eigenvalue weighted by Crippen LogP contribution is -2.28. The first-order valence-electron chi connectivity index (χ1n) is 8.89. The highest BCUT2D eigenvalue weighted by Gasteiger charge is 2.33. The van der Waals surface area contributed by atoms with Crippen molar-refractivity contribution >= 4 is 11.8 Å². The molecular formula is C20H27N3O2. The molecule has 0 spiro atoms. The Hall–Kier alpha value is -2.30. The second kappa shape index (κ2) is 6.54. The molecule has 1 fully saturated rings. The van der Waals surface area contributed by atoms with Crippen LogP contribution >= 0.6 is 0 Å². The van der Waals surface area contributed by atoms with Gasteiger partial charge in [-0.1, -0.05) is 18.6 Å². The molecule has 1 heterocycles. The van der Waals surface area contributed by atoms with Gasteiger partial charge in [-0.25, -0.2) is 4.79 Å². The van der Waals surface area contributed by atoms with E-state index < -0.39 is 11.7 Å². The fraction of sp³-hybridized carbons (Fsp3) is 0.500. The molecular weight excluding hydrogens is 314 g/mol. The molecule has 2 N–H and O–H groups in total. The fourth-order valence-corrected chi connectivity index (χ4v) is 3.36. The molecule has 0 aliphatic heterocycles. The lowest BCUT2D eigenvalue weighted by molar-refractivity contribution is 0.0513. The first-order valence-corrected chi connectivity index (χ1v) is 8.89. The molecule has 1 aliphatic carbocycles. The van der Waals surface area contributed by atoms with Crippen LogP contribution in [0, 0.1) is 12.8 Å². The van der Waals surface area contributed by atoms with Crippen LogP contribution in [-0.4, -0.2) is 21.5 Å². The zero-order valence-corrected chi connectivity index (χ0v) is 15.5. The van der Waals surface area contributed by atoms with E-state index in [2.05, 4.69) is 11.2 Å². The van der Waals surface area contributed by atoms with Gasteiger partial charge in [0.15, 0.2) is 0 Å². The molecule has 1 atom stereocenters. The number of rotatable bonds is 3. The maximum absolute atomic E-state index is 12.4. The molecule has 5 nitrogen and oxygen atoms in total. The van der Waals surface area contributed by atoms with Gasteiger partial charge in [-0.05, 0) is 69.7 Å². The average Bonchev–Trinajstić information content (AvgIpc) is 2.82. The van der Waals surface area contributed by atoms with Gasteiger partial charge in [-0.15, -0.1) is 0 Å². The highest BCUT2D eigenvalue weighted by atomic mass is 16.6. The maximum Gasteiger partial charge on any atom is 0.435 e. The van der Waals surface area contributed by atoms with Crippen molar-refractivity contribution in [1.82, 2.24) is 9.78 Å². The quantitative estimate of drug-likeness (QED) is 0.835. The molecule has 1 aromatic carbocycles. The minimum atomic E-state index is -0.543. The zero-order valence-electron chi connectivity index (χ0n) is 15.5. The third-order valence-corrected chi connectivity index (χ3v) is 4.70. The van der Waals surface area contributed by atoms with Gasteiger partial charge < -0.3 is 10.5 Å². The topological polar surface area (TPSA) is 70.1 Å². The minimum absolute atomic E-state index is 0.168. The number of ether oxygens (including phenoxy) is 1. The summed E-state index contributed by atoms with van der Waals surface area (Å²) in [7, 11) is 0. The lowest BCUT2D eigenvalue weighted by Gasteiger charge is -2.33. The molecule has 1 saturated carbocycles. The van der Waals surface area contributed by atoms with E-state index in [1.54, 1.807) is 6.20 Å². The van der Waals surface area contributed by atoms with Crippen LogP contribution in [0.15, 0.2) is 30.5 Å². The smallest absolute Gasteiger partial charge is 0.435 e. The van der Waals surface area contributed by atoms with E-state index in [0.29, 0.717) is 5.92 Å². The van der Waals surface area contributed by atoms with Gasteiger partial charge in [0.2, 0.25) is 0 Å². The van der Waals surface area contributed by atoms with Crippen molar-refractivity contribution in [2.24, 2.45) is 5.92 Å². The number of aromatic nitrogens is 2. The van der Waals surface area contributed by atoms with Crippen LogP contribution in [0.1, 0.15) is 62.8 Å². The molecule has 0 saturated heterocycles. The standard InChI is InChI=1S/C20H27N3O2/c1-13-12-23(19(24)25-20(2,3)4)22-18(13)17(14-7-5-8-14)15-9-6-10-16(21)11-15/h6,9-12,14,17H,5,7-8,21H2,1-4H3. The summed E-state index contributed by atoms with van der Waals surface area (Å²) in [4.78, 5) is 12.4. The van der Waals surface area contributed by atoms with E-state index in [4.69, 9.17) is 10.5 Å². The number of hydrogen-bond acceptors (Lipinski definition) is 4. The van der Waals surface area contributed by atoms with E-state index in [1.165, 1.54) is 29.5 Å². The molecule has 0 bridgehead atoms. The molecule has 0 radical (unpaired) electrons. The Labute approximate surface area is 149 Å². The van der Waals surface area contributed by atoms with Crippen LogP contribution in [0.3, 0.4) is 0 Å². The fourth-order valence-electron chi connectivity index (χ4n) is 3.36. The first kappa shape index (κ1) is 17.5. The van der Waals surface area contributed by atoms with Crippen molar-refractivity contribution in [2.45, 2.75) is 58.5 Å². The van der Waals surface area contributed by atoms with Crippen molar-refractivity contribution in [1.29, 1.82) is 0 Å². The number of nitrogen functional groups attached to an aromatic ring is 1. The van der Waals surface area contributed by atoms with Crippen LogP contribution in [0.5, 0.6) is 0 Å². The van der Waals surface area contributed by atoms with Crippen molar-refractivity contribution < 1.29 is 9.53 Å². The van der Waals surface area contributed by atoms with Gasteiger partial charge in [-0.2, -0.15) is 9.78 Å². The molecule has 1 aromatic heterocycles. The summed E-state index contributed by atoms with van der Waals surface area (Å²) in [5.41, 5.74) is 9.33. The number of aryl methyl sites for hydroxylation is 1. The monoisotopic (exact) mass is 341 g/mol. The van der Waals surface area contributed by atoms with Crippen LogP contribution < -0.4 is 5.73 Å². The van der Waals surface area contributed by atoms with Gasteiger partial charge in [0.25, 0.3) is 0 Å². The van der Waals surface area contributed by atoms with Gasteiger partial charge in [0, 0.05) is 17.8 Å². The maximum atomic E-state index is 12.4. The SMILES string of the molecule is Cc1cn(C(=O)OC(C)(C)C)nc1C(c1cccc(N)c1)C1CCC1. The van der Waals surface area contributed by atoms with E-state index >= 15 is 0 Å². The highest BCUT2D eigenvalue weighted by molar-refractivity contribution is 5.70.